The summed E-state index contributed by atoms with van der Waals surface area (Å²) >= 11 is 0. The standard InChI is InChI=1S/C66H106O6/c1-4-7-10-13-16-18-20-22-24-26-28-29-30-31-32-33-34-35-36-37-39-40-42-44-46-48-50-53-56-59-65(68)71-62-63(61-70-64(67)58-55-52-15-12-9-6-3)72-66(69)60-57-54-51-49-47-45-43-41-38-27-25-23-21-19-17-14-11-8-5-2/h7-8,10-11,16-19,22-25,28-29,31-32,34-35,37-39,41,63H,4-6,9,12-15,20-21,26-27,30,33,36,40,42-62H2,1-3H3/b10-7-,11-8-,18-16-,19-17-,24-22-,25-23-,29-28-,32-31-,35-34-,39-37-,41-38-. The number of allylic oxidation sites excluding steroid dienone is 22. The van der Waals surface area contributed by atoms with Gasteiger partial charge in [0.2, 0.25) is 0 Å². The van der Waals surface area contributed by atoms with Gasteiger partial charge < -0.3 is 14.2 Å². The van der Waals surface area contributed by atoms with Crippen LogP contribution in [0.2, 0.25) is 0 Å². The van der Waals surface area contributed by atoms with Crippen LogP contribution in [-0.4, -0.2) is 37.2 Å². The normalized spacial score (nSPS) is 13.1. The molecular weight excluding hydrogens is 889 g/mol. The molecule has 0 spiro atoms. The van der Waals surface area contributed by atoms with Crippen molar-refractivity contribution in [1.82, 2.24) is 0 Å². The summed E-state index contributed by atoms with van der Waals surface area (Å²) in [6.07, 6.45) is 83.3. The van der Waals surface area contributed by atoms with E-state index in [1.165, 1.54) is 57.8 Å². The first-order valence-electron chi connectivity index (χ1n) is 29.2. The zero-order valence-corrected chi connectivity index (χ0v) is 46.4. The number of hydrogen-bond donors (Lipinski definition) is 0. The van der Waals surface area contributed by atoms with Gasteiger partial charge in [0.25, 0.3) is 0 Å². The van der Waals surface area contributed by atoms with E-state index in [9.17, 15) is 14.4 Å². The third kappa shape index (κ3) is 56.5. The zero-order chi connectivity index (χ0) is 52.2. The highest BCUT2D eigenvalue weighted by Gasteiger charge is 2.19. The minimum atomic E-state index is -0.792. The molecule has 0 aromatic rings. The van der Waals surface area contributed by atoms with E-state index in [0.29, 0.717) is 19.3 Å². The summed E-state index contributed by atoms with van der Waals surface area (Å²) in [6, 6.07) is 0. The van der Waals surface area contributed by atoms with Crippen molar-refractivity contribution < 1.29 is 28.6 Å². The summed E-state index contributed by atoms with van der Waals surface area (Å²) in [5.74, 6) is -0.931. The van der Waals surface area contributed by atoms with Gasteiger partial charge in [0.05, 0.1) is 0 Å². The topological polar surface area (TPSA) is 78.9 Å². The summed E-state index contributed by atoms with van der Waals surface area (Å²) in [5, 5.41) is 0. The van der Waals surface area contributed by atoms with Crippen molar-refractivity contribution in [1.29, 1.82) is 0 Å². The van der Waals surface area contributed by atoms with Gasteiger partial charge in [-0.2, -0.15) is 0 Å². The first-order chi connectivity index (χ1) is 35.5. The number of unbranched alkanes of at least 4 members (excludes halogenated alkanes) is 18. The van der Waals surface area contributed by atoms with Gasteiger partial charge in [-0.05, 0) is 116 Å². The average Bonchev–Trinajstić information content (AvgIpc) is 3.38. The van der Waals surface area contributed by atoms with Gasteiger partial charge in [-0.25, -0.2) is 0 Å². The van der Waals surface area contributed by atoms with E-state index in [4.69, 9.17) is 14.2 Å². The molecule has 1 atom stereocenters. The molecule has 0 aliphatic heterocycles. The maximum atomic E-state index is 12.8. The highest BCUT2D eigenvalue weighted by atomic mass is 16.6. The lowest BCUT2D eigenvalue weighted by Gasteiger charge is -2.18. The number of carbonyl (C=O) groups is 3. The van der Waals surface area contributed by atoms with Crippen LogP contribution in [0.3, 0.4) is 0 Å². The van der Waals surface area contributed by atoms with Crippen molar-refractivity contribution in [2.75, 3.05) is 13.2 Å². The van der Waals surface area contributed by atoms with Crippen molar-refractivity contribution in [3.05, 3.63) is 134 Å². The molecule has 0 rings (SSSR count). The maximum Gasteiger partial charge on any atom is 0.306 e. The molecule has 1 unspecified atom stereocenters. The molecule has 0 saturated heterocycles. The Bertz CT molecular complexity index is 1560. The van der Waals surface area contributed by atoms with E-state index in [1.54, 1.807) is 0 Å². The number of hydrogen-bond acceptors (Lipinski definition) is 6. The minimum absolute atomic E-state index is 0.0910. The molecule has 0 heterocycles. The molecule has 72 heavy (non-hydrogen) atoms. The largest absolute Gasteiger partial charge is 0.462 e. The van der Waals surface area contributed by atoms with Crippen LogP contribution in [0.15, 0.2) is 134 Å². The van der Waals surface area contributed by atoms with Gasteiger partial charge in [-0.15, -0.1) is 0 Å². The van der Waals surface area contributed by atoms with Crippen LogP contribution in [0.4, 0.5) is 0 Å². The fraction of sp³-hybridized carbons (Fsp3) is 0.621. The molecule has 0 N–H and O–H groups in total. The van der Waals surface area contributed by atoms with Gasteiger partial charge in [0, 0.05) is 19.3 Å². The summed E-state index contributed by atoms with van der Waals surface area (Å²) < 4.78 is 16.7. The maximum absolute atomic E-state index is 12.8. The molecule has 406 valence electrons. The van der Waals surface area contributed by atoms with Gasteiger partial charge in [0.1, 0.15) is 13.2 Å². The second-order valence-electron chi connectivity index (χ2n) is 18.8. The van der Waals surface area contributed by atoms with E-state index in [2.05, 4.69) is 154 Å². The fourth-order valence-corrected chi connectivity index (χ4v) is 7.59. The molecule has 0 amide bonds. The molecule has 0 bridgehead atoms. The van der Waals surface area contributed by atoms with Crippen molar-refractivity contribution in [2.45, 2.75) is 252 Å². The Balaban J connectivity index is 4.20. The molecule has 6 heteroatoms. The molecule has 0 fully saturated rings. The number of carbonyl (C=O) groups excluding carboxylic acids is 3. The molecule has 0 radical (unpaired) electrons. The van der Waals surface area contributed by atoms with E-state index in [-0.39, 0.29) is 31.1 Å². The second-order valence-corrected chi connectivity index (χ2v) is 18.8. The zero-order valence-electron chi connectivity index (χ0n) is 46.4. The second kappa shape index (κ2) is 59.1. The molecule has 0 aliphatic carbocycles. The van der Waals surface area contributed by atoms with Crippen LogP contribution in [0, 0.1) is 0 Å². The Morgan fingerprint density at radius 2 is 0.542 bits per heavy atom. The van der Waals surface area contributed by atoms with Crippen LogP contribution in [-0.2, 0) is 28.6 Å². The Morgan fingerprint density at radius 1 is 0.292 bits per heavy atom. The minimum Gasteiger partial charge on any atom is -0.462 e. The van der Waals surface area contributed by atoms with Gasteiger partial charge >= 0.3 is 17.9 Å². The van der Waals surface area contributed by atoms with Crippen molar-refractivity contribution in [2.24, 2.45) is 0 Å². The van der Waals surface area contributed by atoms with Crippen LogP contribution < -0.4 is 0 Å². The molecule has 0 aromatic carbocycles. The number of rotatable bonds is 51. The lowest BCUT2D eigenvalue weighted by atomic mass is 10.1. The highest BCUT2D eigenvalue weighted by molar-refractivity contribution is 5.71. The molecule has 0 saturated carbocycles. The number of ether oxygens (including phenoxy) is 3. The van der Waals surface area contributed by atoms with E-state index in [1.807, 2.05) is 0 Å². The van der Waals surface area contributed by atoms with Gasteiger partial charge in [-0.3, -0.25) is 14.4 Å². The van der Waals surface area contributed by atoms with Crippen molar-refractivity contribution >= 4 is 17.9 Å². The molecule has 0 aliphatic rings. The van der Waals surface area contributed by atoms with E-state index < -0.39 is 6.10 Å². The van der Waals surface area contributed by atoms with Crippen LogP contribution >= 0.6 is 0 Å². The predicted molar refractivity (Wildman–Crippen MR) is 311 cm³/mol. The van der Waals surface area contributed by atoms with Crippen LogP contribution in [0.25, 0.3) is 0 Å². The SMILES string of the molecule is CC/C=C\C/C=C\C/C=C\C/C=C\C/C=C\C/C=C\C/C=C\CCCCCCCCCC(=O)OCC(COC(=O)CCCCCCCC)OC(=O)CCCCCCCC/C=C\C/C=C\C/C=C\C/C=C\CC. The lowest BCUT2D eigenvalue weighted by Crippen LogP contribution is -2.30. The smallest absolute Gasteiger partial charge is 0.306 e. The fourth-order valence-electron chi connectivity index (χ4n) is 7.59. The monoisotopic (exact) mass is 995 g/mol. The Hall–Kier alpha value is -4.45. The first kappa shape index (κ1) is 67.5. The third-order valence-corrected chi connectivity index (χ3v) is 11.9. The summed E-state index contributed by atoms with van der Waals surface area (Å²) in [6.45, 7) is 6.32. The first-order valence-corrected chi connectivity index (χ1v) is 29.2. The molecule has 6 nitrogen and oxygen atoms in total. The van der Waals surface area contributed by atoms with Crippen LogP contribution in [0.5, 0.6) is 0 Å². The van der Waals surface area contributed by atoms with Gasteiger partial charge in [-0.1, -0.05) is 244 Å². The van der Waals surface area contributed by atoms with E-state index >= 15 is 0 Å². The average molecular weight is 996 g/mol. The lowest BCUT2D eigenvalue weighted by molar-refractivity contribution is -0.167. The van der Waals surface area contributed by atoms with Crippen molar-refractivity contribution in [3.63, 3.8) is 0 Å². The summed E-state index contributed by atoms with van der Waals surface area (Å²) in [5.41, 5.74) is 0. The van der Waals surface area contributed by atoms with E-state index in [0.717, 1.165) is 148 Å². The van der Waals surface area contributed by atoms with Crippen LogP contribution in [0.1, 0.15) is 245 Å². The Kier molecular flexibility index (Phi) is 55.5. The predicted octanol–water partition coefficient (Wildman–Crippen LogP) is 19.8. The highest BCUT2D eigenvalue weighted by Crippen LogP contribution is 2.14. The summed E-state index contributed by atoms with van der Waals surface area (Å²) in [4.78, 5) is 37.9. The summed E-state index contributed by atoms with van der Waals surface area (Å²) in [7, 11) is 0. The van der Waals surface area contributed by atoms with Crippen molar-refractivity contribution in [3.8, 4) is 0 Å². The molecule has 0 aromatic heterocycles. The third-order valence-electron chi connectivity index (χ3n) is 11.9. The Labute approximate surface area is 443 Å². The number of esters is 3. The molecular formula is C66H106O6. The van der Waals surface area contributed by atoms with Gasteiger partial charge in [0.15, 0.2) is 6.10 Å². The quantitative estimate of drug-likeness (QED) is 0.0261. The Morgan fingerprint density at radius 3 is 0.847 bits per heavy atom.